The molecule has 4 heterocycles. The quantitative estimate of drug-likeness (QED) is 0.682. The fourth-order valence-corrected chi connectivity index (χ4v) is 3.99. The number of thiocarbonyl (C=S) groups is 1. The zero-order chi connectivity index (χ0) is 18.8. The van der Waals surface area contributed by atoms with E-state index in [9.17, 15) is 0 Å². The molecular formula is C21H23N5S. The second-order valence-electron chi connectivity index (χ2n) is 6.82. The maximum atomic E-state index is 5.67. The molecule has 2 atom stereocenters. The Kier molecular flexibility index (Phi) is 4.90. The molecule has 0 aliphatic carbocycles. The minimum absolute atomic E-state index is 0.00403. The van der Waals surface area contributed by atoms with Crippen molar-refractivity contribution in [3.8, 4) is 5.82 Å². The van der Waals surface area contributed by atoms with Gasteiger partial charge in [0, 0.05) is 30.8 Å². The van der Waals surface area contributed by atoms with Crippen molar-refractivity contribution in [2.24, 2.45) is 0 Å². The van der Waals surface area contributed by atoms with Crippen molar-refractivity contribution in [3.05, 3.63) is 78.0 Å². The lowest BCUT2D eigenvalue weighted by atomic mass is 10.0. The van der Waals surface area contributed by atoms with Gasteiger partial charge in [-0.2, -0.15) is 0 Å². The van der Waals surface area contributed by atoms with Crippen molar-refractivity contribution in [2.45, 2.75) is 32.4 Å². The zero-order valence-corrected chi connectivity index (χ0v) is 16.4. The van der Waals surface area contributed by atoms with E-state index < -0.39 is 0 Å². The number of hydrogen-bond donors (Lipinski definition) is 1. The van der Waals surface area contributed by atoms with E-state index in [-0.39, 0.29) is 12.1 Å². The molecule has 138 valence electrons. The number of nitrogens with zero attached hydrogens (tertiary/aromatic N) is 4. The molecule has 0 unspecified atom stereocenters. The molecule has 1 fully saturated rings. The van der Waals surface area contributed by atoms with Crippen LogP contribution in [0.1, 0.15) is 42.4 Å². The van der Waals surface area contributed by atoms with E-state index in [0.29, 0.717) is 0 Å². The topological polar surface area (TPSA) is 46.0 Å². The first kappa shape index (κ1) is 17.7. The van der Waals surface area contributed by atoms with Crippen LogP contribution in [0.4, 0.5) is 0 Å². The summed E-state index contributed by atoms with van der Waals surface area (Å²) in [5.74, 6) is 0.912. The van der Waals surface area contributed by atoms with Gasteiger partial charge in [-0.3, -0.25) is 4.98 Å². The summed E-state index contributed by atoms with van der Waals surface area (Å²) in [6, 6.07) is 14.4. The summed E-state index contributed by atoms with van der Waals surface area (Å²) in [5.41, 5.74) is 3.30. The number of aryl methyl sites for hydroxylation is 1. The van der Waals surface area contributed by atoms with Crippen LogP contribution in [0.15, 0.2) is 61.1 Å². The minimum Gasteiger partial charge on any atom is -0.352 e. The molecule has 5 nitrogen and oxygen atoms in total. The van der Waals surface area contributed by atoms with Crippen molar-refractivity contribution in [1.82, 2.24) is 24.8 Å². The third-order valence-electron chi connectivity index (χ3n) is 4.89. The van der Waals surface area contributed by atoms with Crippen molar-refractivity contribution in [2.75, 3.05) is 6.54 Å². The number of nitrogens with one attached hydrogen (secondary N) is 1. The lowest BCUT2D eigenvalue weighted by molar-refractivity contribution is 0.308. The highest BCUT2D eigenvalue weighted by molar-refractivity contribution is 7.80. The van der Waals surface area contributed by atoms with Crippen LogP contribution < -0.4 is 5.32 Å². The van der Waals surface area contributed by atoms with E-state index in [0.717, 1.165) is 40.8 Å². The normalized spacial score (nSPS) is 19.3. The third kappa shape index (κ3) is 3.32. The minimum atomic E-state index is 0.00403. The van der Waals surface area contributed by atoms with Crippen LogP contribution in [-0.2, 0) is 0 Å². The molecule has 1 saturated heterocycles. The Balaban J connectivity index is 1.80. The van der Waals surface area contributed by atoms with Crippen LogP contribution in [0.2, 0.25) is 0 Å². The molecule has 0 amide bonds. The van der Waals surface area contributed by atoms with Gasteiger partial charge in [-0.25, -0.2) is 4.98 Å². The van der Waals surface area contributed by atoms with Crippen LogP contribution in [0.25, 0.3) is 5.82 Å². The van der Waals surface area contributed by atoms with Gasteiger partial charge in [0.2, 0.25) is 0 Å². The molecule has 0 spiro atoms. The van der Waals surface area contributed by atoms with Gasteiger partial charge in [-0.1, -0.05) is 19.1 Å². The van der Waals surface area contributed by atoms with Gasteiger partial charge in [0.15, 0.2) is 5.11 Å². The molecule has 3 aromatic heterocycles. The molecule has 6 heteroatoms. The van der Waals surface area contributed by atoms with Crippen LogP contribution in [0.3, 0.4) is 0 Å². The lowest BCUT2D eigenvalue weighted by Gasteiger charge is -2.28. The highest BCUT2D eigenvalue weighted by Gasteiger charge is 2.40. The predicted octanol–water partition coefficient (Wildman–Crippen LogP) is 3.96. The summed E-state index contributed by atoms with van der Waals surface area (Å²) in [7, 11) is 0. The molecular weight excluding hydrogens is 354 g/mol. The largest absolute Gasteiger partial charge is 0.352 e. The molecule has 0 saturated carbocycles. The molecule has 0 aromatic carbocycles. The second-order valence-corrected chi connectivity index (χ2v) is 7.20. The Morgan fingerprint density at radius 1 is 1.11 bits per heavy atom. The van der Waals surface area contributed by atoms with Gasteiger partial charge in [0.25, 0.3) is 0 Å². The number of pyridine rings is 2. The fraction of sp³-hybridized carbons (Fsp3) is 0.286. The maximum absolute atomic E-state index is 5.67. The van der Waals surface area contributed by atoms with Crippen molar-refractivity contribution in [3.63, 3.8) is 0 Å². The molecule has 1 aliphatic rings. The lowest BCUT2D eigenvalue weighted by Crippen LogP contribution is -2.31. The van der Waals surface area contributed by atoms with Crippen LogP contribution in [-0.4, -0.2) is 31.1 Å². The summed E-state index contributed by atoms with van der Waals surface area (Å²) in [4.78, 5) is 11.5. The van der Waals surface area contributed by atoms with Gasteiger partial charge in [-0.15, -0.1) is 0 Å². The van der Waals surface area contributed by atoms with Crippen LogP contribution in [0.5, 0.6) is 0 Å². The molecule has 3 aromatic rings. The van der Waals surface area contributed by atoms with Crippen LogP contribution >= 0.6 is 12.2 Å². The van der Waals surface area contributed by atoms with Gasteiger partial charge < -0.3 is 14.8 Å². The van der Waals surface area contributed by atoms with Gasteiger partial charge in [0.1, 0.15) is 5.82 Å². The maximum Gasteiger partial charge on any atom is 0.170 e. The van der Waals surface area contributed by atoms with Crippen molar-refractivity contribution in [1.29, 1.82) is 0 Å². The third-order valence-corrected chi connectivity index (χ3v) is 5.24. The summed E-state index contributed by atoms with van der Waals surface area (Å²) in [6.07, 6.45) is 6.82. The molecule has 1 N–H and O–H groups in total. The first-order chi connectivity index (χ1) is 13.2. The summed E-state index contributed by atoms with van der Waals surface area (Å²) in [6.45, 7) is 5.12. The van der Waals surface area contributed by atoms with E-state index in [2.05, 4.69) is 68.2 Å². The molecule has 0 bridgehead atoms. The van der Waals surface area contributed by atoms with Crippen molar-refractivity contribution < 1.29 is 0 Å². The highest BCUT2D eigenvalue weighted by Crippen LogP contribution is 2.39. The average molecular weight is 378 g/mol. The van der Waals surface area contributed by atoms with Gasteiger partial charge in [-0.05, 0) is 61.5 Å². The fourth-order valence-electron chi connectivity index (χ4n) is 3.66. The average Bonchev–Trinajstić information content (AvgIpc) is 3.28. The van der Waals surface area contributed by atoms with Gasteiger partial charge in [0.05, 0.1) is 17.8 Å². The van der Waals surface area contributed by atoms with E-state index in [1.54, 1.807) is 0 Å². The first-order valence-corrected chi connectivity index (χ1v) is 9.68. The Labute approximate surface area is 165 Å². The van der Waals surface area contributed by atoms with Gasteiger partial charge >= 0.3 is 0 Å². The number of aromatic nitrogens is 3. The zero-order valence-electron chi connectivity index (χ0n) is 15.5. The standard InChI is InChI=1S/C21H23N5S/c1-3-12-26-20(19(24-21(26)27)16-7-4-5-11-22-16)17-8-6-13-25(17)18-10-9-15(2)14-23-18/h4-11,13-14,19-20H,3,12H2,1-2H3,(H,24,27)/t19-,20+/m0/s1. The molecule has 0 radical (unpaired) electrons. The van der Waals surface area contributed by atoms with E-state index in [1.165, 1.54) is 0 Å². The predicted molar refractivity (Wildman–Crippen MR) is 111 cm³/mol. The number of rotatable bonds is 5. The monoisotopic (exact) mass is 377 g/mol. The highest BCUT2D eigenvalue weighted by atomic mass is 32.1. The SMILES string of the molecule is CCCN1C(=S)N[C@@H](c2ccccn2)[C@H]1c1cccn1-c1ccc(C)cn1. The molecule has 27 heavy (non-hydrogen) atoms. The van der Waals surface area contributed by atoms with E-state index in [1.807, 2.05) is 31.5 Å². The van der Waals surface area contributed by atoms with Crippen molar-refractivity contribution >= 4 is 17.3 Å². The molecule has 1 aliphatic heterocycles. The summed E-state index contributed by atoms with van der Waals surface area (Å²) in [5, 5.41) is 4.27. The summed E-state index contributed by atoms with van der Waals surface area (Å²) < 4.78 is 2.15. The Morgan fingerprint density at radius 2 is 2.00 bits per heavy atom. The first-order valence-electron chi connectivity index (χ1n) is 9.27. The Bertz CT molecular complexity index is 919. The smallest absolute Gasteiger partial charge is 0.170 e. The van der Waals surface area contributed by atoms with Crippen LogP contribution in [0, 0.1) is 6.92 Å². The van der Waals surface area contributed by atoms with E-state index >= 15 is 0 Å². The Morgan fingerprint density at radius 3 is 2.70 bits per heavy atom. The Hall–Kier alpha value is -2.73. The van der Waals surface area contributed by atoms with E-state index in [4.69, 9.17) is 12.2 Å². The second kappa shape index (κ2) is 7.48. The number of hydrogen-bond acceptors (Lipinski definition) is 3. The molecule has 4 rings (SSSR count). The summed E-state index contributed by atoms with van der Waals surface area (Å²) >= 11 is 5.67.